The Morgan fingerprint density at radius 1 is 0.960 bits per heavy atom. The van der Waals surface area contributed by atoms with Crippen molar-refractivity contribution in [1.82, 2.24) is 10.6 Å². The van der Waals surface area contributed by atoms with Crippen molar-refractivity contribution in [3.63, 3.8) is 0 Å². The third kappa shape index (κ3) is 4.11. The number of urea groups is 1. The van der Waals surface area contributed by atoms with Crippen LogP contribution in [0.15, 0.2) is 54.1 Å². The molecule has 1 aliphatic heterocycles. The van der Waals surface area contributed by atoms with E-state index in [-0.39, 0.29) is 5.57 Å². The molecule has 0 unspecified atom stereocenters. The molecule has 126 valence electrons. The molecule has 0 spiro atoms. The van der Waals surface area contributed by atoms with Crippen molar-refractivity contribution in [3.05, 3.63) is 70.8 Å². The summed E-state index contributed by atoms with van der Waals surface area (Å²) >= 11 is 0. The molecule has 3 rings (SSSR count). The molecule has 0 radical (unpaired) electrons. The Balaban J connectivity index is 1.74. The van der Waals surface area contributed by atoms with Gasteiger partial charge in [-0.1, -0.05) is 42.0 Å². The van der Waals surface area contributed by atoms with E-state index in [0.29, 0.717) is 17.9 Å². The van der Waals surface area contributed by atoms with Crippen LogP contribution in [0.3, 0.4) is 0 Å². The largest absolute Gasteiger partial charge is 0.489 e. The number of hydrogen-bond acceptors (Lipinski definition) is 4. The lowest BCUT2D eigenvalue weighted by Gasteiger charge is -2.14. The van der Waals surface area contributed by atoms with E-state index >= 15 is 0 Å². The molecule has 1 saturated heterocycles. The van der Waals surface area contributed by atoms with Gasteiger partial charge in [-0.2, -0.15) is 0 Å². The average Bonchev–Trinajstić information content (AvgIpc) is 2.58. The van der Waals surface area contributed by atoms with Crippen LogP contribution in [0.4, 0.5) is 4.79 Å². The van der Waals surface area contributed by atoms with Gasteiger partial charge in [0.25, 0.3) is 11.8 Å². The van der Waals surface area contributed by atoms with E-state index < -0.39 is 17.8 Å². The van der Waals surface area contributed by atoms with Gasteiger partial charge in [0.15, 0.2) is 0 Å². The van der Waals surface area contributed by atoms with Crippen LogP contribution in [0, 0.1) is 6.92 Å². The van der Waals surface area contributed by atoms with E-state index in [1.807, 2.05) is 41.8 Å². The summed E-state index contributed by atoms with van der Waals surface area (Å²) in [6.07, 6.45) is 1.41. The van der Waals surface area contributed by atoms with Crippen molar-refractivity contribution < 1.29 is 19.1 Å². The molecule has 1 aliphatic rings. The lowest BCUT2D eigenvalue weighted by atomic mass is 10.1. The molecule has 0 atom stereocenters. The third-order valence-corrected chi connectivity index (χ3v) is 3.64. The summed E-state index contributed by atoms with van der Waals surface area (Å²) in [6, 6.07) is 14.2. The second kappa shape index (κ2) is 7.00. The quantitative estimate of drug-likeness (QED) is 0.663. The molecule has 0 aliphatic carbocycles. The fraction of sp³-hybridized carbons (Fsp3) is 0.105. The number of aryl methyl sites for hydroxylation is 1. The van der Waals surface area contributed by atoms with E-state index in [1.54, 1.807) is 24.3 Å². The van der Waals surface area contributed by atoms with E-state index in [2.05, 4.69) is 0 Å². The first-order chi connectivity index (χ1) is 12.0. The number of imide groups is 2. The van der Waals surface area contributed by atoms with Crippen molar-refractivity contribution >= 4 is 23.9 Å². The first kappa shape index (κ1) is 16.4. The first-order valence-corrected chi connectivity index (χ1v) is 7.68. The number of benzene rings is 2. The van der Waals surface area contributed by atoms with Crippen LogP contribution < -0.4 is 15.4 Å². The van der Waals surface area contributed by atoms with Crippen LogP contribution in [0.5, 0.6) is 5.75 Å². The van der Waals surface area contributed by atoms with Crippen molar-refractivity contribution in [1.29, 1.82) is 0 Å². The Hall–Kier alpha value is -3.41. The zero-order valence-electron chi connectivity index (χ0n) is 13.5. The van der Waals surface area contributed by atoms with Gasteiger partial charge in [0, 0.05) is 0 Å². The van der Waals surface area contributed by atoms with Gasteiger partial charge in [-0.3, -0.25) is 20.2 Å². The maximum atomic E-state index is 11.8. The van der Waals surface area contributed by atoms with Crippen molar-refractivity contribution in [2.24, 2.45) is 0 Å². The number of barbiturate groups is 1. The van der Waals surface area contributed by atoms with Gasteiger partial charge in [0.2, 0.25) is 0 Å². The maximum absolute atomic E-state index is 11.8. The number of carbonyl (C=O) groups is 3. The average molecular weight is 336 g/mol. The number of amides is 4. The van der Waals surface area contributed by atoms with Gasteiger partial charge in [-0.25, -0.2) is 4.79 Å². The van der Waals surface area contributed by atoms with Crippen LogP contribution in [0.1, 0.15) is 16.7 Å². The molecule has 2 N–H and O–H groups in total. The number of carbonyl (C=O) groups excluding carboxylic acids is 3. The minimum atomic E-state index is -0.817. The van der Waals surface area contributed by atoms with Gasteiger partial charge in [0.1, 0.15) is 17.9 Å². The van der Waals surface area contributed by atoms with Gasteiger partial charge in [-0.15, -0.1) is 0 Å². The van der Waals surface area contributed by atoms with Gasteiger partial charge >= 0.3 is 6.03 Å². The predicted octanol–water partition coefficient (Wildman–Crippen LogP) is 2.32. The Morgan fingerprint density at radius 2 is 1.64 bits per heavy atom. The van der Waals surface area contributed by atoms with Crippen molar-refractivity contribution in [3.8, 4) is 5.75 Å². The molecule has 0 saturated carbocycles. The summed E-state index contributed by atoms with van der Waals surface area (Å²) in [4.78, 5) is 34.6. The predicted molar refractivity (Wildman–Crippen MR) is 91.6 cm³/mol. The van der Waals surface area contributed by atoms with Gasteiger partial charge in [0.05, 0.1) is 0 Å². The highest BCUT2D eigenvalue weighted by molar-refractivity contribution is 6.31. The standard InChI is InChI=1S/C19H16N2O4/c1-12-5-7-13(8-6-12)11-25-15-4-2-3-14(9-15)10-16-17(22)20-19(24)21-18(16)23/h2-10H,11H2,1H3,(H2,20,21,22,23,24). The second-order valence-corrected chi connectivity index (χ2v) is 5.64. The van der Waals surface area contributed by atoms with Gasteiger partial charge < -0.3 is 4.74 Å². The molecule has 25 heavy (non-hydrogen) atoms. The number of ether oxygens (including phenoxy) is 1. The number of nitrogens with one attached hydrogen (secondary N) is 2. The van der Waals surface area contributed by atoms with E-state index in [4.69, 9.17) is 4.74 Å². The van der Waals surface area contributed by atoms with Crippen LogP contribution in [0.2, 0.25) is 0 Å². The Labute approximate surface area is 144 Å². The van der Waals surface area contributed by atoms with Crippen LogP contribution >= 0.6 is 0 Å². The Morgan fingerprint density at radius 3 is 2.32 bits per heavy atom. The molecule has 0 bridgehead atoms. The van der Waals surface area contributed by atoms with Gasteiger partial charge in [-0.05, 0) is 36.3 Å². The minimum Gasteiger partial charge on any atom is -0.489 e. The number of hydrogen-bond donors (Lipinski definition) is 2. The summed E-state index contributed by atoms with van der Waals surface area (Å²) in [5, 5.41) is 4.07. The fourth-order valence-corrected chi connectivity index (χ4v) is 2.32. The highest BCUT2D eigenvalue weighted by atomic mass is 16.5. The van der Waals surface area contributed by atoms with E-state index in [0.717, 1.165) is 5.56 Å². The number of rotatable bonds is 4. The SMILES string of the molecule is Cc1ccc(COc2cccc(C=C3C(=O)NC(=O)NC3=O)c2)cc1. The zero-order chi connectivity index (χ0) is 17.8. The molecule has 6 nitrogen and oxygen atoms in total. The molecule has 4 amide bonds. The topological polar surface area (TPSA) is 84.5 Å². The molecule has 0 aromatic heterocycles. The minimum absolute atomic E-state index is 0.129. The summed E-state index contributed by atoms with van der Waals surface area (Å²) in [6.45, 7) is 2.43. The second-order valence-electron chi connectivity index (χ2n) is 5.64. The zero-order valence-corrected chi connectivity index (χ0v) is 13.5. The van der Waals surface area contributed by atoms with Crippen LogP contribution in [0.25, 0.3) is 6.08 Å². The molecule has 6 heteroatoms. The normalized spacial score (nSPS) is 14.0. The highest BCUT2D eigenvalue weighted by Gasteiger charge is 2.27. The smallest absolute Gasteiger partial charge is 0.328 e. The maximum Gasteiger partial charge on any atom is 0.328 e. The lowest BCUT2D eigenvalue weighted by molar-refractivity contribution is -0.123. The van der Waals surface area contributed by atoms with Crippen molar-refractivity contribution in [2.45, 2.75) is 13.5 Å². The highest BCUT2D eigenvalue weighted by Crippen LogP contribution is 2.18. The van der Waals surface area contributed by atoms with Crippen LogP contribution in [-0.2, 0) is 16.2 Å². The summed E-state index contributed by atoms with van der Waals surface area (Å²) < 4.78 is 5.75. The van der Waals surface area contributed by atoms with Crippen molar-refractivity contribution in [2.75, 3.05) is 0 Å². The summed E-state index contributed by atoms with van der Waals surface area (Å²) in [7, 11) is 0. The van der Waals surface area contributed by atoms with E-state index in [9.17, 15) is 14.4 Å². The Bertz CT molecular complexity index is 847. The monoisotopic (exact) mass is 336 g/mol. The summed E-state index contributed by atoms with van der Waals surface area (Å²) in [5.41, 5.74) is 2.71. The lowest BCUT2D eigenvalue weighted by Crippen LogP contribution is -2.51. The third-order valence-electron chi connectivity index (χ3n) is 3.64. The molecular weight excluding hydrogens is 320 g/mol. The summed E-state index contributed by atoms with van der Waals surface area (Å²) in [5.74, 6) is -0.831. The fourth-order valence-electron chi connectivity index (χ4n) is 2.32. The van der Waals surface area contributed by atoms with E-state index in [1.165, 1.54) is 11.6 Å². The molecule has 2 aromatic rings. The molecular formula is C19H16N2O4. The molecule has 2 aromatic carbocycles. The Kier molecular flexibility index (Phi) is 4.61. The molecule has 1 fully saturated rings. The first-order valence-electron chi connectivity index (χ1n) is 7.68. The van der Waals surface area contributed by atoms with Crippen LogP contribution in [-0.4, -0.2) is 17.8 Å². The molecule has 1 heterocycles.